The number of carbonyl (C=O) groups is 1. The van der Waals surface area contributed by atoms with Gasteiger partial charge < -0.3 is 19.4 Å². The van der Waals surface area contributed by atoms with Crippen LogP contribution in [0.1, 0.15) is 12.7 Å². The Morgan fingerprint density at radius 3 is 2.86 bits per heavy atom. The van der Waals surface area contributed by atoms with E-state index in [-0.39, 0.29) is 24.6 Å². The number of carbonyl (C=O) groups excluding carboxylic acids is 1. The van der Waals surface area contributed by atoms with Gasteiger partial charge in [0.2, 0.25) is 6.10 Å². The van der Waals surface area contributed by atoms with E-state index in [9.17, 15) is 9.59 Å². The molecule has 1 amide bonds. The van der Waals surface area contributed by atoms with Crippen molar-refractivity contribution in [2.75, 3.05) is 13.2 Å². The lowest BCUT2D eigenvalue weighted by molar-refractivity contribution is -0.141. The highest BCUT2D eigenvalue weighted by atomic mass is 35.5. The van der Waals surface area contributed by atoms with Crippen molar-refractivity contribution in [1.29, 1.82) is 0 Å². The maximum atomic E-state index is 12.9. The number of likely N-dealkylation sites (N-methyl/N-ethyl adjacent to an activating group) is 1. The molecule has 1 aliphatic heterocycles. The van der Waals surface area contributed by atoms with Gasteiger partial charge in [0.15, 0.2) is 11.5 Å². The summed E-state index contributed by atoms with van der Waals surface area (Å²) in [5, 5.41) is 0.939. The molecule has 0 aliphatic carbocycles. The van der Waals surface area contributed by atoms with Gasteiger partial charge in [0.05, 0.1) is 17.4 Å². The van der Waals surface area contributed by atoms with Crippen molar-refractivity contribution in [3.63, 3.8) is 0 Å². The number of benzene rings is 2. The van der Waals surface area contributed by atoms with E-state index in [4.69, 9.17) is 21.1 Å². The van der Waals surface area contributed by atoms with Gasteiger partial charge >= 0.3 is 0 Å². The number of hydrogen-bond donors (Lipinski definition) is 1. The second-order valence-electron chi connectivity index (χ2n) is 6.39. The number of aromatic amines is 1. The summed E-state index contributed by atoms with van der Waals surface area (Å²) >= 11 is 6.00. The Hall–Kier alpha value is -3.06. The number of hydrogen-bond acceptors (Lipinski definition) is 5. The van der Waals surface area contributed by atoms with Gasteiger partial charge in [-0.2, -0.15) is 0 Å². The van der Waals surface area contributed by atoms with Crippen LogP contribution in [-0.4, -0.2) is 40.0 Å². The first-order chi connectivity index (χ1) is 13.5. The number of fused-ring (bicyclic) bond motifs is 2. The maximum absolute atomic E-state index is 12.9. The molecule has 4 rings (SSSR count). The molecule has 3 aromatic rings. The zero-order chi connectivity index (χ0) is 19.7. The second-order valence-corrected chi connectivity index (χ2v) is 6.83. The molecule has 0 saturated heterocycles. The molecule has 28 heavy (non-hydrogen) atoms. The maximum Gasteiger partial charge on any atom is 0.267 e. The first kappa shape index (κ1) is 18.3. The van der Waals surface area contributed by atoms with Gasteiger partial charge in [0, 0.05) is 11.6 Å². The second kappa shape index (κ2) is 7.52. The number of H-pyrrole nitrogens is 1. The lowest BCUT2D eigenvalue weighted by Gasteiger charge is -2.30. The van der Waals surface area contributed by atoms with Crippen molar-refractivity contribution in [2.45, 2.75) is 19.6 Å². The van der Waals surface area contributed by atoms with Crippen molar-refractivity contribution in [3.05, 3.63) is 63.7 Å². The van der Waals surface area contributed by atoms with Gasteiger partial charge in [-0.05, 0) is 37.3 Å². The minimum absolute atomic E-state index is 0.129. The van der Waals surface area contributed by atoms with Crippen molar-refractivity contribution < 1.29 is 14.3 Å². The molecular weight excluding hydrogens is 382 g/mol. The van der Waals surface area contributed by atoms with Crippen LogP contribution in [0.5, 0.6) is 11.5 Å². The summed E-state index contributed by atoms with van der Waals surface area (Å²) in [7, 11) is 0. The average Bonchev–Trinajstić information content (AvgIpc) is 2.70. The van der Waals surface area contributed by atoms with Gasteiger partial charge in [-0.15, -0.1) is 0 Å². The van der Waals surface area contributed by atoms with Crippen molar-refractivity contribution in [3.8, 4) is 11.5 Å². The highest BCUT2D eigenvalue weighted by Gasteiger charge is 2.30. The minimum atomic E-state index is -0.753. The first-order valence-electron chi connectivity index (χ1n) is 8.91. The van der Waals surface area contributed by atoms with Gasteiger partial charge in [0.1, 0.15) is 12.4 Å². The molecule has 0 fully saturated rings. The van der Waals surface area contributed by atoms with Crippen LogP contribution < -0.4 is 15.0 Å². The molecule has 0 unspecified atom stereocenters. The molecule has 1 atom stereocenters. The number of nitrogens with one attached hydrogen (secondary N) is 1. The number of para-hydroxylation sites is 2. The van der Waals surface area contributed by atoms with Crippen LogP contribution in [0.3, 0.4) is 0 Å². The summed E-state index contributed by atoms with van der Waals surface area (Å²) < 4.78 is 11.4. The number of halogens is 1. The number of aromatic nitrogens is 2. The summed E-state index contributed by atoms with van der Waals surface area (Å²) in [6.07, 6.45) is -0.753. The Morgan fingerprint density at radius 1 is 1.29 bits per heavy atom. The lowest BCUT2D eigenvalue weighted by Crippen LogP contribution is -2.46. The van der Waals surface area contributed by atoms with E-state index in [0.717, 1.165) is 0 Å². The van der Waals surface area contributed by atoms with E-state index in [1.165, 1.54) is 0 Å². The van der Waals surface area contributed by atoms with Crippen molar-refractivity contribution >= 4 is 28.4 Å². The molecule has 0 bridgehead atoms. The fourth-order valence-electron chi connectivity index (χ4n) is 3.11. The largest absolute Gasteiger partial charge is 0.485 e. The van der Waals surface area contributed by atoms with E-state index in [1.54, 1.807) is 35.2 Å². The van der Waals surface area contributed by atoms with E-state index in [2.05, 4.69) is 9.97 Å². The quantitative estimate of drug-likeness (QED) is 0.729. The average molecular weight is 400 g/mol. The smallest absolute Gasteiger partial charge is 0.267 e. The normalized spacial score (nSPS) is 15.4. The predicted octanol–water partition coefficient (Wildman–Crippen LogP) is 2.77. The van der Waals surface area contributed by atoms with Gasteiger partial charge in [0.25, 0.3) is 11.5 Å². The monoisotopic (exact) mass is 399 g/mol. The molecule has 0 spiro atoms. The number of nitrogens with zero attached hydrogens (tertiary/aromatic N) is 2. The fourth-order valence-corrected chi connectivity index (χ4v) is 3.27. The van der Waals surface area contributed by atoms with Crippen LogP contribution in [0.25, 0.3) is 10.9 Å². The molecule has 1 N–H and O–H groups in total. The molecule has 0 radical (unpaired) electrons. The van der Waals surface area contributed by atoms with E-state index in [1.807, 2.05) is 19.1 Å². The Morgan fingerprint density at radius 2 is 2.07 bits per heavy atom. The Kier molecular flexibility index (Phi) is 4.92. The van der Waals surface area contributed by atoms with E-state index in [0.29, 0.717) is 39.8 Å². The van der Waals surface area contributed by atoms with E-state index < -0.39 is 6.10 Å². The molecule has 2 heterocycles. The van der Waals surface area contributed by atoms with Crippen molar-refractivity contribution in [1.82, 2.24) is 14.9 Å². The first-order valence-corrected chi connectivity index (χ1v) is 9.28. The SMILES string of the molecule is CCN(Cc1nc2cc(Cl)ccc2c(=O)[nH]1)C(=O)[C@@H]1COc2ccccc2O1. The van der Waals surface area contributed by atoms with Crippen LogP contribution in [0, 0.1) is 0 Å². The molecule has 144 valence electrons. The minimum Gasteiger partial charge on any atom is -0.485 e. The zero-order valence-corrected chi connectivity index (χ0v) is 15.9. The predicted molar refractivity (Wildman–Crippen MR) is 105 cm³/mol. The zero-order valence-electron chi connectivity index (χ0n) is 15.1. The van der Waals surface area contributed by atoms with Gasteiger partial charge in [-0.25, -0.2) is 4.98 Å². The number of rotatable bonds is 4. The van der Waals surface area contributed by atoms with Crippen molar-refractivity contribution in [2.24, 2.45) is 0 Å². The summed E-state index contributed by atoms with van der Waals surface area (Å²) in [5.41, 5.74) is 0.215. The van der Waals surface area contributed by atoms with Crippen LogP contribution in [0.2, 0.25) is 5.02 Å². The molecule has 1 aromatic heterocycles. The summed E-state index contributed by atoms with van der Waals surface area (Å²) in [4.78, 5) is 34.0. The molecule has 1 aliphatic rings. The molecule has 0 saturated carbocycles. The Labute approximate surface area is 165 Å². The number of ether oxygens (including phenoxy) is 2. The highest BCUT2D eigenvalue weighted by Crippen LogP contribution is 2.31. The third-order valence-electron chi connectivity index (χ3n) is 4.54. The topological polar surface area (TPSA) is 84.5 Å². The fraction of sp³-hybridized carbons (Fsp3) is 0.250. The lowest BCUT2D eigenvalue weighted by atomic mass is 10.2. The standard InChI is InChI=1S/C20H18ClN3O4/c1-2-24(20(26)17-11-27-15-5-3-4-6-16(15)28-17)10-18-22-14-9-12(21)7-8-13(14)19(25)23-18/h3-9,17H,2,10-11H2,1H3,(H,22,23,25)/t17-/m0/s1. The third kappa shape index (κ3) is 3.53. The van der Waals surface area contributed by atoms with Crippen LogP contribution >= 0.6 is 11.6 Å². The number of amides is 1. The molecule has 8 heteroatoms. The van der Waals surface area contributed by atoms with Gasteiger partial charge in [-0.1, -0.05) is 23.7 Å². The highest BCUT2D eigenvalue weighted by molar-refractivity contribution is 6.31. The molecule has 7 nitrogen and oxygen atoms in total. The van der Waals surface area contributed by atoms with Crippen LogP contribution in [-0.2, 0) is 11.3 Å². The molecular formula is C20H18ClN3O4. The van der Waals surface area contributed by atoms with E-state index >= 15 is 0 Å². The Bertz CT molecular complexity index is 1100. The summed E-state index contributed by atoms with van der Waals surface area (Å²) in [5.74, 6) is 1.31. The summed E-state index contributed by atoms with van der Waals surface area (Å²) in [6, 6.07) is 12.1. The summed E-state index contributed by atoms with van der Waals surface area (Å²) in [6.45, 7) is 2.56. The Balaban J connectivity index is 1.56. The van der Waals surface area contributed by atoms with Gasteiger partial charge in [-0.3, -0.25) is 9.59 Å². The van der Waals surface area contributed by atoms with Crippen LogP contribution in [0.4, 0.5) is 0 Å². The molecule has 2 aromatic carbocycles. The van der Waals surface area contributed by atoms with Crippen LogP contribution in [0.15, 0.2) is 47.3 Å². The third-order valence-corrected chi connectivity index (χ3v) is 4.77.